The van der Waals surface area contributed by atoms with Gasteiger partial charge in [-0.2, -0.15) is 0 Å². The third-order valence-corrected chi connectivity index (χ3v) is 3.65. The van der Waals surface area contributed by atoms with Gasteiger partial charge in [0.15, 0.2) is 0 Å². The van der Waals surface area contributed by atoms with Crippen molar-refractivity contribution in [3.63, 3.8) is 0 Å². The van der Waals surface area contributed by atoms with Gasteiger partial charge in [-0.05, 0) is 18.4 Å². The number of carbonyl (C=O) groups excluding carboxylic acids is 2. The van der Waals surface area contributed by atoms with Crippen LogP contribution in [0.3, 0.4) is 0 Å². The molecule has 1 aliphatic carbocycles. The van der Waals surface area contributed by atoms with Crippen LogP contribution in [0, 0.1) is 5.41 Å². The number of ether oxygens (including phenoxy) is 2. The minimum atomic E-state index is -0.641. The van der Waals surface area contributed by atoms with E-state index in [1.165, 1.54) is 0 Å². The molecule has 108 valence electrons. The average Bonchev–Trinajstić information content (AvgIpc) is 3.24. The molecule has 1 aromatic carbocycles. The number of carbonyl (C=O) groups is 2. The van der Waals surface area contributed by atoms with Gasteiger partial charge in [-0.15, -0.1) is 0 Å². The molecular weight excluding hydrogens is 324 g/mol. The van der Waals surface area contributed by atoms with Gasteiger partial charge in [0.25, 0.3) is 0 Å². The first-order chi connectivity index (χ1) is 9.66. The van der Waals surface area contributed by atoms with Crippen LogP contribution in [0.5, 0.6) is 0 Å². The first kappa shape index (κ1) is 15.0. The molecule has 0 saturated heterocycles. The fourth-order valence-corrected chi connectivity index (χ4v) is 2.12. The third kappa shape index (κ3) is 4.07. The summed E-state index contributed by atoms with van der Waals surface area (Å²) in [7, 11) is 0. The molecule has 1 saturated carbocycles. The molecular formula is C15H17BrO4. The number of esters is 2. The van der Waals surface area contributed by atoms with E-state index in [2.05, 4.69) is 15.9 Å². The van der Waals surface area contributed by atoms with Crippen molar-refractivity contribution in [1.29, 1.82) is 0 Å². The molecule has 0 amide bonds. The summed E-state index contributed by atoms with van der Waals surface area (Å²) in [5.74, 6) is -0.629. The molecule has 5 heteroatoms. The summed E-state index contributed by atoms with van der Waals surface area (Å²) in [5.41, 5.74) is 0.302. The Labute approximate surface area is 126 Å². The number of hydrogen-bond acceptors (Lipinski definition) is 4. The summed E-state index contributed by atoms with van der Waals surface area (Å²) in [4.78, 5) is 23.7. The molecule has 0 heterocycles. The maximum atomic E-state index is 12.1. The fraction of sp³-hybridized carbons (Fsp3) is 0.467. The van der Waals surface area contributed by atoms with E-state index >= 15 is 0 Å². The zero-order valence-electron chi connectivity index (χ0n) is 11.1. The van der Waals surface area contributed by atoms with Gasteiger partial charge in [0.1, 0.15) is 13.2 Å². The van der Waals surface area contributed by atoms with Gasteiger partial charge in [-0.1, -0.05) is 46.3 Å². The molecule has 0 aliphatic heterocycles. The Hall–Kier alpha value is -1.36. The Morgan fingerprint density at radius 3 is 2.45 bits per heavy atom. The van der Waals surface area contributed by atoms with Crippen LogP contribution in [-0.4, -0.2) is 23.9 Å². The molecule has 0 aromatic heterocycles. The zero-order chi connectivity index (χ0) is 14.4. The molecule has 1 fully saturated rings. The highest BCUT2D eigenvalue weighted by molar-refractivity contribution is 9.09. The molecule has 0 atom stereocenters. The standard InChI is InChI=1S/C15H17BrO4/c16-8-9-19-13(17)10-15(6-7-15)14(18)20-11-12-4-2-1-3-5-12/h1-5H,6-11H2. The Morgan fingerprint density at radius 1 is 1.15 bits per heavy atom. The van der Waals surface area contributed by atoms with E-state index in [9.17, 15) is 9.59 Å². The Bertz CT molecular complexity index is 468. The minimum Gasteiger partial charge on any atom is -0.465 e. The quantitative estimate of drug-likeness (QED) is 0.565. The van der Waals surface area contributed by atoms with Gasteiger partial charge in [-0.3, -0.25) is 9.59 Å². The van der Waals surface area contributed by atoms with Crippen LogP contribution in [0.1, 0.15) is 24.8 Å². The molecule has 0 bridgehead atoms. The fourth-order valence-electron chi connectivity index (χ4n) is 1.96. The first-order valence-electron chi connectivity index (χ1n) is 6.59. The second kappa shape index (κ2) is 6.88. The molecule has 0 N–H and O–H groups in total. The molecule has 0 unspecified atom stereocenters. The van der Waals surface area contributed by atoms with Crippen LogP contribution < -0.4 is 0 Å². The highest BCUT2D eigenvalue weighted by Gasteiger charge is 2.53. The van der Waals surface area contributed by atoms with Crippen LogP contribution in [-0.2, 0) is 25.7 Å². The van der Waals surface area contributed by atoms with Crippen molar-refractivity contribution in [1.82, 2.24) is 0 Å². The molecule has 4 nitrogen and oxygen atoms in total. The van der Waals surface area contributed by atoms with Gasteiger partial charge in [0, 0.05) is 5.33 Å². The second-order valence-corrected chi connectivity index (χ2v) is 5.72. The van der Waals surface area contributed by atoms with E-state index in [0.717, 1.165) is 5.56 Å². The highest BCUT2D eigenvalue weighted by atomic mass is 79.9. The SMILES string of the molecule is O=C(CC1(C(=O)OCc2ccccc2)CC1)OCCBr. The van der Waals surface area contributed by atoms with Crippen molar-refractivity contribution < 1.29 is 19.1 Å². The summed E-state index contributed by atoms with van der Waals surface area (Å²) in [6.07, 6.45) is 1.52. The number of hydrogen-bond donors (Lipinski definition) is 0. The lowest BCUT2D eigenvalue weighted by Crippen LogP contribution is -2.23. The maximum Gasteiger partial charge on any atom is 0.313 e. The van der Waals surface area contributed by atoms with Crippen LogP contribution in [0.25, 0.3) is 0 Å². The lowest BCUT2D eigenvalue weighted by molar-refractivity contribution is -0.157. The predicted octanol–water partition coefficient (Wildman–Crippen LogP) is 2.84. The summed E-state index contributed by atoms with van der Waals surface area (Å²) in [6, 6.07) is 9.50. The van der Waals surface area contributed by atoms with Crippen molar-refractivity contribution in [2.75, 3.05) is 11.9 Å². The van der Waals surface area contributed by atoms with Gasteiger partial charge < -0.3 is 9.47 Å². The topological polar surface area (TPSA) is 52.6 Å². The van der Waals surface area contributed by atoms with E-state index in [4.69, 9.17) is 9.47 Å². The smallest absolute Gasteiger partial charge is 0.313 e. The van der Waals surface area contributed by atoms with Gasteiger partial charge in [0.2, 0.25) is 0 Å². The molecule has 0 radical (unpaired) electrons. The van der Waals surface area contributed by atoms with Crippen LogP contribution in [0.15, 0.2) is 30.3 Å². The van der Waals surface area contributed by atoms with Crippen LogP contribution >= 0.6 is 15.9 Å². The van der Waals surface area contributed by atoms with E-state index < -0.39 is 5.41 Å². The van der Waals surface area contributed by atoms with E-state index in [1.54, 1.807) is 0 Å². The number of benzene rings is 1. The summed E-state index contributed by atoms with van der Waals surface area (Å²) in [5, 5.41) is 0.601. The van der Waals surface area contributed by atoms with Gasteiger partial charge in [0.05, 0.1) is 11.8 Å². The normalized spacial score (nSPS) is 15.4. The number of alkyl halides is 1. The lowest BCUT2D eigenvalue weighted by atomic mass is 10.0. The van der Waals surface area contributed by atoms with Gasteiger partial charge >= 0.3 is 11.9 Å². The monoisotopic (exact) mass is 340 g/mol. The molecule has 1 aromatic rings. The lowest BCUT2D eigenvalue weighted by Gasteiger charge is -2.13. The average molecular weight is 341 g/mol. The number of halogens is 1. The summed E-state index contributed by atoms with van der Waals surface area (Å²) >= 11 is 3.18. The van der Waals surface area contributed by atoms with Crippen molar-refractivity contribution in [3.8, 4) is 0 Å². The largest absolute Gasteiger partial charge is 0.465 e. The van der Waals surface area contributed by atoms with Gasteiger partial charge in [-0.25, -0.2) is 0 Å². The van der Waals surface area contributed by atoms with Crippen molar-refractivity contribution in [2.45, 2.75) is 25.9 Å². The van der Waals surface area contributed by atoms with Crippen LogP contribution in [0.4, 0.5) is 0 Å². The second-order valence-electron chi connectivity index (χ2n) is 4.93. The van der Waals surface area contributed by atoms with Crippen molar-refractivity contribution in [3.05, 3.63) is 35.9 Å². The zero-order valence-corrected chi connectivity index (χ0v) is 12.7. The molecule has 2 rings (SSSR count). The van der Waals surface area contributed by atoms with E-state index in [-0.39, 0.29) is 25.0 Å². The molecule has 20 heavy (non-hydrogen) atoms. The Balaban J connectivity index is 1.81. The van der Waals surface area contributed by atoms with E-state index in [1.807, 2.05) is 30.3 Å². The Kier molecular flexibility index (Phi) is 5.17. The van der Waals surface area contributed by atoms with E-state index in [0.29, 0.717) is 24.8 Å². The minimum absolute atomic E-state index is 0.119. The van der Waals surface area contributed by atoms with Crippen molar-refractivity contribution in [2.24, 2.45) is 5.41 Å². The summed E-state index contributed by atoms with van der Waals surface area (Å²) < 4.78 is 10.3. The van der Waals surface area contributed by atoms with Crippen molar-refractivity contribution >= 4 is 27.9 Å². The highest BCUT2D eigenvalue weighted by Crippen LogP contribution is 2.50. The summed E-state index contributed by atoms with van der Waals surface area (Å²) in [6.45, 7) is 0.575. The molecule has 0 spiro atoms. The third-order valence-electron chi connectivity index (χ3n) is 3.32. The Morgan fingerprint density at radius 2 is 1.85 bits per heavy atom. The first-order valence-corrected chi connectivity index (χ1v) is 7.71. The van der Waals surface area contributed by atoms with Crippen LogP contribution in [0.2, 0.25) is 0 Å². The maximum absolute atomic E-state index is 12.1. The molecule has 1 aliphatic rings. The predicted molar refractivity (Wildman–Crippen MR) is 77.3 cm³/mol. The number of rotatable bonds is 7.